The topological polar surface area (TPSA) is 54.9 Å². The molecule has 0 bridgehead atoms. The van der Waals surface area contributed by atoms with Crippen molar-refractivity contribution in [2.24, 2.45) is 0 Å². The van der Waals surface area contributed by atoms with E-state index in [2.05, 4.69) is 53.6 Å². The zero-order valence-electron chi connectivity index (χ0n) is 12.0. The van der Waals surface area contributed by atoms with E-state index in [1.807, 2.05) is 0 Å². The van der Waals surface area contributed by atoms with Crippen molar-refractivity contribution in [3.05, 3.63) is 35.4 Å². The minimum atomic E-state index is -0.0312. The summed E-state index contributed by atoms with van der Waals surface area (Å²) in [6.45, 7) is 4.13. The number of aromatic nitrogens is 2. The first-order valence-corrected chi connectivity index (χ1v) is 9.52. The third kappa shape index (κ3) is 5.68. The summed E-state index contributed by atoms with van der Waals surface area (Å²) in [6.07, 6.45) is 0. The molecule has 1 N–H and O–H groups in total. The number of rotatable bonds is 7. The molecule has 1 aromatic heterocycles. The lowest BCUT2D eigenvalue weighted by Crippen LogP contribution is -2.13. The number of aryl methyl sites for hydroxylation is 1. The summed E-state index contributed by atoms with van der Waals surface area (Å²) in [4.78, 5) is 11.8. The summed E-state index contributed by atoms with van der Waals surface area (Å²) in [6, 6.07) is 8.37. The standard InChI is InChI=1S/C14H17N3OS3/c1-3-20-14-17-16-13(21-14)15-12(18)9-19-8-11-6-4-10(2)5-7-11/h4-7H,3,8-9H2,1-2H3,(H,15,16,18). The van der Waals surface area contributed by atoms with E-state index in [0.717, 1.165) is 15.8 Å². The van der Waals surface area contributed by atoms with Crippen LogP contribution in [0.1, 0.15) is 18.1 Å². The molecule has 21 heavy (non-hydrogen) atoms. The molecule has 0 unspecified atom stereocenters. The number of benzene rings is 1. The molecule has 0 atom stereocenters. The van der Waals surface area contributed by atoms with Crippen LogP contribution in [0.5, 0.6) is 0 Å². The van der Waals surface area contributed by atoms with Gasteiger partial charge >= 0.3 is 0 Å². The van der Waals surface area contributed by atoms with Crippen molar-refractivity contribution < 1.29 is 4.79 Å². The Balaban J connectivity index is 1.72. The maximum Gasteiger partial charge on any atom is 0.236 e. The molecule has 4 nitrogen and oxygen atoms in total. The van der Waals surface area contributed by atoms with Gasteiger partial charge in [0.1, 0.15) is 0 Å². The number of hydrogen-bond donors (Lipinski definition) is 1. The lowest BCUT2D eigenvalue weighted by molar-refractivity contribution is -0.113. The molecule has 2 rings (SSSR count). The Labute approximate surface area is 137 Å². The van der Waals surface area contributed by atoms with Crippen molar-refractivity contribution in [1.29, 1.82) is 0 Å². The van der Waals surface area contributed by atoms with Crippen molar-refractivity contribution in [2.75, 3.05) is 16.8 Å². The van der Waals surface area contributed by atoms with Crippen LogP contribution >= 0.6 is 34.9 Å². The molecular formula is C14H17N3OS3. The first-order chi connectivity index (χ1) is 10.2. The highest BCUT2D eigenvalue weighted by molar-refractivity contribution is 8.01. The third-order valence-electron chi connectivity index (χ3n) is 2.54. The van der Waals surface area contributed by atoms with Gasteiger partial charge in [0.15, 0.2) is 4.34 Å². The monoisotopic (exact) mass is 339 g/mol. The van der Waals surface area contributed by atoms with Crippen molar-refractivity contribution in [3.63, 3.8) is 0 Å². The smallest absolute Gasteiger partial charge is 0.236 e. The number of carbonyl (C=O) groups is 1. The second-order valence-corrected chi connectivity index (χ2v) is 7.81. The first-order valence-electron chi connectivity index (χ1n) is 6.57. The summed E-state index contributed by atoms with van der Waals surface area (Å²) < 4.78 is 0.889. The van der Waals surface area contributed by atoms with Crippen molar-refractivity contribution in [1.82, 2.24) is 10.2 Å². The molecule has 1 heterocycles. The molecule has 112 valence electrons. The molecular weight excluding hydrogens is 322 g/mol. The molecule has 0 aliphatic carbocycles. The predicted molar refractivity (Wildman–Crippen MR) is 92.3 cm³/mol. The number of amides is 1. The Morgan fingerprint density at radius 1 is 1.29 bits per heavy atom. The summed E-state index contributed by atoms with van der Waals surface area (Å²) in [7, 11) is 0. The number of thioether (sulfide) groups is 2. The van der Waals surface area contributed by atoms with Crippen LogP contribution in [-0.2, 0) is 10.5 Å². The van der Waals surface area contributed by atoms with Crippen LogP contribution in [0.2, 0.25) is 0 Å². The van der Waals surface area contributed by atoms with Gasteiger partial charge in [-0.25, -0.2) is 0 Å². The summed E-state index contributed by atoms with van der Waals surface area (Å²) in [5.41, 5.74) is 2.48. The van der Waals surface area contributed by atoms with Crippen LogP contribution < -0.4 is 5.32 Å². The quantitative estimate of drug-likeness (QED) is 0.614. The van der Waals surface area contributed by atoms with Gasteiger partial charge in [-0.05, 0) is 18.2 Å². The van der Waals surface area contributed by atoms with Gasteiger partial charge in [-0.1, -0.05) is 59.9 Å². The van der Waals surface area contributed by atoms with E-state index in [-0.39, 0.29) is 5.91 Å². The predicted octanol–water partition coefficient (Wildman–Crippen LogP) is 3.83. The second-order valence-electron chi connectivity index (χ2n) is 4.33. The van der Waals surface area contributed by atoms with Crippen LogP contribution in [0.25, 0.3) is 0 Å². The Morgan fingerprint density at radius 3 is 2.76 bits per heavy atom. The number of anilines is 1. The SMILES string of the molecule is CCSc1nnc(NC(=O)CSCc2ccc(C)cc2)s1. The maximum absolute atomic E-state index is 11.8. The lowest BCUT2D eigenvalue weighted by atomic mass is 10.2. The minimum absolute atomic E-state index is 0.0312. The number of carbonyl (C=O) groups excluding carboxylic acids is 1. The minimum Gasteiger partial charge on any atom is -0.300 e. The van der Waals surface area contributed by atoms with Gasteiger partial charge < -0.3 is 0 Å². The number of nitrogens with zero attached hydrogens (tertiary/aromatic N) is 2. The van der Waals surface area contributed by atoms with Gasteiger partial charge in [-0.2, -0.15) is 0 Å². The zero-order chi connectivity index (χ0) is 15.1. The molecule has 0 aliphatic heterocycles. The van der Waals surface area contributed by atoms with Gasteiger partial charge in [-0.15, -0.1) is 22.0 Å². The number of hydrogen-bond acceptors (Lipinski definition) is 6. The van der Waals surface area contributed by atoms with Gasteiger partial charge in [0.05, 0.1) is 5.75 Å². The second kappa shape index (κ2) is 8.41. The first kappa shape index (κ1) is 16.3. The van der Waals surface area contributed by atoms with Gasteiger partial charge in [0.25, 0.3) is 0 Å². The van der Waals surface area contributed by atoms with E-state index in [9.17, 15) is 4.79 Å². The molecule has 2 aromatic rings. The highest BCUT2D eigenvalue weighted by Gasteiger charge is 2.08. The molecule has 0 saturated carbocycles. The van der Waals surface area contributed by atoms with E-state index in [4.69, 9.17) is 0 Å². The fraction of sp³-hybridized carbons (Fsp3) is 0.357. The summed E-state index contributed by atoms with van der Waals surface area (Å²) >= 11 is 4.64. The van der Waals surface area contributed by atoms with Crippen LogP contribution in [0, 0.1) is 6.92 Å². The molecule has 0 fully saturated rings. The molecule has 0 radical (unpaired) electrons. The third-order valence-corrected chi connectivity index (χ3v) is 5.40. The Morgan fingerprint density at radius 2 is 2.05 bits per heavy atom. The molecule has 0 spiro atoms. The lowest BCUT2D eigenvalue weighted by Gasteiger charge is -2.02. The highest BCUT2D eigenvalue weighted by atomic mass is 32.2. The van der Waals surface area contributed by atoms with E-state index < -0.39 is 0 Å². The van der Waals surface area contributed by atoms with Crippen molar-refractivity contribution in [3.8, 4) is 0 Å². The Hall–Kier alpha value is -1.05. The average molecular weight is 340 g/mol. The van der Waals surface area contributed by atoms with Crippen LogP contribution in [-0.4, -0.2) is 27.6 Å². The van der Waals surface area contributed by atoms with E-state index in [0.29, 0.717) is 10.9 Å². The van der Waals surface area contributed by atoms with Gasteiger partial charge in [0, 0.05) is 5.75 Å². The van der Waals surface area contributed by atoms with Crippen LogP contribution in [0.3, 0.4) is 0 Å². The van der Waals surface area contributed by atoms with Crippen LogP contribution in [0.15, 0.2) is 28.6 Å². The van der Waals surface area contributed by atoms with Crippen molar-refractivity contribution >= 4 is 45.9 Å². The zero-order valence-corrected chi connectivity index (χ0v) is 14.4. The maximum atomic E-state index is 11.8. The van der Waals surface area contributed by atoms with Crippen LogP contribution in [0.4, 0.5) is 5.13 Å². The number of nitrogens with one attached hydrogen (secondary N) is 1. The fourth-order valence-electron chi connectivity index (χ4n) is 1.54. The average Bonchev–Trinajstić information content (AvgIpc) is 2.89. The molecule has 0 saturated heterocycles. The molecule has 7 heteroatoms. The normalized spacial score (nSPS) is 10.6. The summed E-state index contributed by atoms with van der Waals surface area (Å²) in [5.74, 6) is 2.18. The summed E-state index contributed by atoms with van der Waals surface area (Å²) in [5, 5.41) is 11.3. The molecule has 0 aliphatic rings. The fourth-order valence-corrected chi connectivity index (χ4v) is 4.00. The molecule has 1 amide bonds. The Kier molecular flexibility index (Phi) is 6.53. The largest absolute Gasteiger partial charge is 0.300 e. The highest BCUT2D eigenvalue weighted by Crippen LogP contribution is 2.25. The van der Waals surface area contributed by atoms with Crippen molar-refractivity contribution in [2.45, 2.75) is 23.9 Å². The Bertz CT molecular complexity index is 583. The van der Waals surface area contributed by atoms with Gasteiger partial charge in [0.2, 0.25) is 11.0 Å². The van der Waals surface area contributed by atoms with E-state index >= 15 is 0 Å². The van der Waals surface area contributed by atoms with E-state index in [1.54, 1.807) is 23.5 Å². The van der Waals surface area contributed by atoms with Gasteiger partial charge in [-0.3, -0.25) is 10.1 Å². The molecule has 1 aromatic carbocycles. The van der Waals surface area contributed by atoms with E-state index in [1.165, 1.54) is 22.5 Å².